The van der Waals surface area contributed by atoms with Crippen LogP contribution in [0, 0.1) is 0 Å². The summed E-state index contributed by atoms with van der Waals surface area (Å²) in [5.41, 5.74) is 1.23. The number of aromatic nitrogens is 1. The number of hydrogen-bond donors (Lipinski definition) is 0. The molecule has 0 unspecified atom stereocenters. The molecule has 0 atom stereocenters. The Morgan fingerprint density at radius 3 is 2.44 bits per heavy atom. The van der Waals surface area contributed by atoms with Gasteiger partial charge >= 0.3 is 5.76 Å². The van der Waals surface area contributed by atoms with Gasteiger partial charge in [-0.25, -0.2) is 4.79 Å². The summed E-state index contributed by atoms with van der Waals surface area (Å²) in [6.07, 6.45) is 0. The molecule has 0 spiro atoms. The van der Waals surface area contributed by atoms with Crippen molar-refractivity contribution >= 4 is 11.0 Å². The van der Waals surface area contributed by atoms with Crippen molar-refractivity contribution in [3.05, 3.63) is 40.5 Å². The Bertz CT molecular complexity index is 550. The predicted molar refractivity (Wildman–Crippen MR) is 65.7 cm³/mol. The van der Waals surface area contributed by atoms with E-state index in [0.717, 1.165) is 11.1 Å². The summed E-state index contributed by atoms with van der Waals surface area (Å²) in [6, 6.07) is 7.47. The highest BCUT2D eigenvalue weighted by atomic mass is 16.4. The van der Waals surface area contributed by atoms with Crippen LogP contribution < -0.4 is 5.76 Å². The van der Waals surface area contributed by atoms with Crippen LogP contribution in [0.25, 0.3) is 11.0 Å². The molecule has 0 bridgehead atoms. The average Bonchev–Trinajstić information content (AvgIpc) is 2.15. The van der Waals surface area contributed by atoms with E-state index in [1.165, 1.54) is 0 Å². The lowest BCUT2D eigenvalue weighted by Crippen LogP contribution is -2.19. The van der Waals surface area contributed by atoms with Crippen LogP contribution in [0.4, 0.5) is 0 Å². The summed E-state index contributed by atoms with van der Waals surface area (Å²) < 4.78 is 5.03. The number of para-hydroxylation sites is 1. The summed E-state index contributed by atoms with van der Waals surface area (Å²) in [7, 11) is 0. The van der Waals surface area contributed by atoms with Gasteiger partial charge in [-0.3, -0.25) is 0 Å². The number of fused-ring (bicyclic) bond motifs is 1. The first-order valence-corrected chi connectivity index (χ1v) is 4.89. The number of hydrogen-bond acceptors (Lipinski definition) is 3. The van der Waals surface area contributed by atoms with Crippen LogP contribution in [0.3, 0.4) is 0 Å². The third-order valence-corrected chi connectivity index (χ3v) is 2.25. The fourth-order valence-corrected chi connectivity index (χ4v) is 1.59. The minimum Gasteiger partial charge on any atom is -0.408 e. The van der Waals surface area contributed by atoms with Crippen LogP contribution in [0.2, 0.25) is 0 Å². The highest BCUT2D eigenvalue weighted by Crippen LogP contribution is 2.26. The molecule has 1 heterocycles. The molecule has 0 aliphatic rings. The van der Waals surface area contributed by atoms with Gasteiger partial charge in [0.05, 0.1) is 5.69 Å². The topological polar surface area (TPSA) is 43.1 Å². The van der Waals surface area contributed by atoms with E-state index in [1.54, 1.807) is 6.07 Å². The van der Waals surface area contributed by atoms with Crippen LogP contribution in [-0.2, 0) is 5.41 Å². The molecule has 16 heavy (non-hydrogen) atoms. The third kappa shape index (κ3) is 2.13. The fourth-order valence-electron chi connectivity index (χ4n) is 1.59. The third-order valence-electron chi connectivity index (χ3n) is 2.25. The van der Waals surface area contributed by atoms with Gasteiger partial charge in [0, 0.05) is 10.8 Å². The summed E-state index contributed by atoms with van der Waals surface area (Å²) in [5, 5.41) is 0.907. The van der Waals surface area contributed by atoms with Crippen molar-refractivity contribution in [1.82, 2.24) is 4.98 Å². The summed E-state index contributed by atoms with van der Waals surface area (Å²) >= 11 is 0. The molecule has 1 aromatic heterocycles. The van der Waals surface area contributed by atoms with Crippen molar-refractivity contribution in [3.63, 3.8) is 0 Å². The van der Waals surface area contributed by atoms with Crippen molar-refractivity contribution in [3.8, 4) is 0 Å². The molecule has 1 aromatic carbocycles. The van der Waals surface area contributed by atoms with E-state index in [2.05, 4.69) is 4.98 Å². The lowest BCUT2D eigenvalue weighted by atomic mass is 9.89. The van der Waals surface area contributed by atoms with Crippen LogP contribution in [0.15, 0.2) is 33.5 Å². The molecular weight excluding hydrogens is 202 g/mol. The molecule has 2 rings (SSSR count). The normalized spacial score (nSPS) is 11.2. The molecule has 0 saturated heterocycles. The maximum Gasteiger partial charge on any atom is 0.439 e. The first kappa shape index (κ1) is 12.4. The highest BCUT2D eigenvalue weighted by molar-refractivity contribution is 5.79. The van der Waals surface area contributed by atoms with E-state index in [4.69, 9.17) is 4.42 Å². The van der Waals surface area contributed by atoms with E-state index in [0.29, 0.717) is 5.58 Å². The highest BCUT2D eigenvalue weighted by Gasteiger charge is 2.20. The van der Waals surface area contributed by atoms with Gasteiger partial charge < -0.3 is 4.42 Å². The van der Waals surface area contributed by atoms with Gasteiger partial charge in [-0.1, -0.05) is 40.3 Å². The van der Waals surface area contributed by atoms with Crippen LogP contribution in [-0.4, -0.2) is 4.98 Å². The molecule has 2 aromatic rings. The molecule has 0 amide bonds. The maximum absolute atomic E-state index is 11.3. The Morgan fingerprint density at radius 1 is 1.19 bits per heavy atom. The largest absolute Gasteiger partial charge is 0.439 e. The molecule has 0 N–H and O–H groups in total. The van der Waals surface area contributed by atoms with Crippen LogP contribution >= 0.6 is 0 Å². The first-order chi connectivity index (χ1) is 6.98. The number of benzene rings is 1. The summed E-state index contributed by atoms with van der Waals surface area (Å²) in [5.74, 6) is -0.529. The minimum atomic E-state index is -0.529. The minimum absolute atomic E-state index is 0. The molecule has 0 saturated carbocycles. The molecule has 0 radical (unpaired) electrons. The first-order valence-electron chi connectivity index (χ1n) is 4.89. The molecule has 3 nitrogen and oxygen atoms in total. The smallest absolute Gasteiger partial charge is 0.408 e. The second kappa shape index (κ2) is 4.08. The average molecular weight is 219 g/mol. The van der Waals surface area contributed by atoms with Gasteiger partial charge in [-0.2, -0.15) is 4.98 Å². The van der Waals surface area contributed by atoms with E-state index >= 15 is 0 Å². The van der Waals surface area contributed by atoms with Crippen molar-refractivity contribution in [1.29, 1.82) is 0 Å². The van der Waals surface area contributed by atoms with Gasteiger partial charge in [-0.05, 0) is 12.1 Å². The zero-order chi connectivity index (χ0) is 11.1. The molecule has 0 aliphatic carbocycles. The standard InChI is InChI=1S/C12H13NO2.CH4/c1-12(2,3)10-8-6-4-5-7-9(8)15-11(14)13-10;/h4-7H,1-3H3;1H4. The SMILES string of the molecule is C.CC(C)(C)c1nc(=O)oc2ccccc12. The lowest BCUT2D eigenvalue weighted by Gasteiger charge is -2.18. The fraction of sp³-hybridized carbons (Fsp3) is 0.385. The molecule has 0 fully saturated rings. The van der Waals surface area contributed by atoms with Gasteiger partial charge in [-0.15, -0.1) is 0 Å². The number of nitrogens with zero attached hydrogens (tertiary/aromatic N) is 1. The zero-order valence-corrected chi connectivity index (χ0v) is 9.07. The second-order valence-electron chi connectivity index (χ2n) is 4.57. The van der Waals surface area contributed by atoms with Gasteiger partial charge in [0.1, 0.15) is 5.58 Å². The second-order valence-corrected chi connectivity index (χ2v) is 4.57. The summed E-state index contributed by atoms with van der Waals surface area (Å²) in [4.78, 5) is 15.2. The van der Waals surface area contributed by atoms with E-state index in [1.807, 2.05) is 39.0 Å². The van der Waals surface area contributed by atoms with Crippen LogP contribution in [0.5, 0.6) is 0 Å². The van der Waals surface area contributed by atoms with Crippen molar-refractivity contribution < 1.29 is 4.42 Å². The number of rotatable bonds is 0. The predicted octanol–water partition coefficient (Wildman–Crippen LogP) is 3.12. The Balaban J connectivity index is 0.00000128. The van der Waals surface area contributed by atoms with Crippen molar-refractivity contribution in [2.75, 3.05) is 0 Å². The zero-order valence-electron chi connectivity index (χ0n) is 9.07. The van der Waals surface area contributed by atoms with Crippen LogP contribution in [0.1, 0.15) is 33.9 Å². The lowest BCUT2D eigenvalue weighted by molar-refractivity contribution is 0.498. The van der Waals surface area contributed by atoms with E-state index < -0.39 is 5.76 Å². The molecule has 0 aliphatic heterocycles. The molecule has 86 valence electrons. The Labute approximate surface area is 95.1 Å². The van der Waals surface area contributed by atoms with Crippen molar-refractivity contribution in [2.24, 2.45) is 0 Å². The maximum atomic E-state index is 11.3. The quantitative estimate of drug-likeness (QED) is 0.683. The Morgan fingerprint density at radius 2 is 1.81 bits per heavy atom. The van der Waals surface area contributed by atoms with Gasteiger partial charge in [0.25, 0.3) is 0 Å². The molecule has 3 heteroatoms. The Hall–Kier alpha value is -1.64. The van der Waals surface area contributed by atoms with Crippen molar-refractivity contribution in [2.45, 2.75) is 33.6 Å². The van der Waals surface area contributed by atoms with Gasteiger partial charge in [0.2, 0.25) is 0 Å². The van der Waals surface area contributed by atoms with E-state index in [-0.39, 0.29) is 12.8 Å². The van der Waals surface area contributed by atoms with Gasteiger partial charge in [0.15, 0.2) is 0 Å². The Kier molecular flexibility index (Phi) is 3.17. The monoisotopic (exact) mass is 219 g/mol. The summed E-state index contributed by atoms with van der Waals surface area (Å²) in [6.45, 7) is 6.09. The molecular formula is C13H17NO2. The van der Waals surface area contributed by atoms with E-state index in [9.17, 15) is 4.79 Å².